The lowest BCUT2D eigenvalue weighted by Gasteiger charge is -2.10. The van der Waals surface area contributed by atoms with Gasteiger partial charge in [0.25, 0.3) is 0 Å². The van der Waals surface area contributed by atoms with Crippen molar-refractivity contribution in [3.8, 4) is 0 Å². The second-order valence-corrected chi connectivity index (χ2v) is 4.69. The molecule has 0 aliphatic heterocycles. The first-order valence-electron chi connectivity index (χ1n) is 5.47. The van der Waals surface area contributed by atoms with Gasteiger partial charge in [-0.05, 0) is 49.0 Å². The molecule has 0 bridgehead atoms. The predicted octanol–water partition coefficient (Wildman–Crippen LogP) is 3.28. The normalized spacial score (nSPS) is 35.8. The third-order valence-corrected chi connectivity index (χ3v) is 3.83. The van der Waals surface area contributed by atoms with Gasteiger partial charge in [-0.25, -0.2) is 0 Å². The van der Waals surface area contributed by atoms with Gasteiger partial charge in [-0.15, -0.1) is 0 Å². The maximum Gasteiger partial charge on any atom is -0.0248 e. The average Bonchev–Trinajstić information content (AvgIpc) is 2.86. The summed E-state index contributed by atoms with van der Waals surface area (Å²) in [4.78, 5) is 0. The van der Waals surface area contributed by atoms with Crippen LogP contribution >= 0.6 is 0 Å². The van der Waals surface area contributed by atoms with Crippen molar-refractivity contribution >= 4 is 0 Å². The summed E-state index contributed by atoms with van der Waals surface area (Å²) in [7, 11) is 0. The van der Waals surface area contributed by atoms with E-state index in [4.69, 9.17) is 0 Å². The lowest BCUT2D eigenvalue weighted by Crippen LogP contribution is -2.02. The third kappa shape index (κ3) is 1.39. The molecule has 0 radical (unpaired) electrons. The first-order valence-corrected chi connectivity index (χ1v) is 5.47. The van der Waals surface area contributed by atoms with Crippen LogP contribution in [-0.2, 0) is 6.42 Å². The van der Waals surface area contributed by atoms with E-state index in [0.29, 0.717) is 0 Å². The average molecular weight is 172 g/mol. The zero-order valence-corrected chi connectivity index (χ0v) is 7.95. The van der Waals surface area contributed by atoms with Crippen molar-refractivity contribution in [1.82, 2.24) is 0 Å². The Morgan fingerprint density at radius 1 is 1.08 bits per heavy atom. The zero-order chi connectivity index (χ0) is 8.67. The largest absolute Gasteiger partial charge is 0.0622 e. The summed E-state index contributed by atoms with van der Waals surface area (Å²) in [5.41, 5.74) is 1.54. The summed E-state index contributed by atoms with van der Waals surface area (Å²) in [5.74, 6) is 3.27. The fraction of sp³-hybridized carbons (Fsp3) is 0.538. The van der Waals surface area contributed by atoms with Crippen LogP contribution in [-0.4, -0.2) is 0 Å². The molecule has 0 saturated heterocycles. The lowest BCUT2D eigenvalue weighted by atomic mass is 9.95. The monoisotopic (exact) mass is 172 g/mol. The molecule has 0 aromatic heterocycles. The van der Waals surface area contributed by atoms with Gasteiger partial charge in [-0.3, -0.25) is 0 Å². The Hall–Kier alpha value is -0.780. The van der Waals surface area contributed by atoms with Crippen LogP contribution in [0, 0.1) is 17.8 Å². The van der Waals surface area contributed by atoms with Gasteiger partial charge in [0.05, 0.1) is 0 Å². The number of hydrogen-bond donors (Lipinski definition) is 0. The Labute approximate surface area is 80.0 Å². The first kappa shape index (κ1) is 7.61. The Kier molecular flexibility index (Phi) is 1.68. The molecule has 0 heteroatoms. The molecular formula is C13H16. The molecule has 0 heterocycles. The van der Waals surface area contributed by atoms with E-state index in [2.05, 4.69) is 30.3 Å². The van der Waals surface area contributed by atoms with Gasteiger partial charge in [-0.1, -0.05) is 30.3 Å². The topological polar surface area (TPSA) is 0 Å². The van der Waals surface area contributed by atoms with Gasteiger partial charge in [0.15, 0.2) is 0 Å². The van der Waals surface area contributed by atoms with Crippen LogP contribution in [0.4, 0.5) is 0 Å². The predicted molar refractivity (Wildman–Crippen MR) is 54.5 cm³/mol. The van der Waals surface area contributed by atoms with Gasteiger partial charge in [0.2, 0.25) is 0 Å². The number of hydrogen-bond acceptors (Lipinski definition) is 0. The minimum absolute atomic E-state index is 1.02. The van der Waals surface area contributed by atoms with E-state index in [1.54, 1.807) is 5.56 Å². The highest BCUT2D eigenvalue weighted by Gasteiger charge is 2.47. The van der Waals surface area contributed by atoms with Gasteiger partial charge in [-0.2, -0.15) is 0 Å². The SMILES string of the molecule is c1ccc(C[C@H]2CC[C@@H]3C[C@H]23)cc1. The molecule has 0 N–H and O–H groups in total. The van der Waals surface area contributed by atoms with E-state index in [1.165, 1.54) is 25.7 Å². The summed E-state index contributed by atoms with van der Waals surface area (Å²) in [5, 5.41) is 0. The van der Waals surface area contributed by atoms with Crippen LogP contribution in [0.3, 0.4) is 0 Å². The van der Waals surface area contributed by atoms with Crippen molar-refractivity contribution in [2.45, 2.75) is 25.7 Å². The van der Waals surface area contributed by atoms with E-state index >= 15 is 0 Å². The molecule has 2 aliphatic rings. The summed E-state index contributed by atoms with van der Waals surface area (Å²) < 4.78 is 0. The fourth-order valence-electron chi connectivity index (χ4n) is 2.99. The highest BCUT2D eigenvalue weighted by Crippen LogP contribution is 2.56. The minimum atomic E-state index is 1.02. The summed E-state index contributed by atoms with van der Waals surface area (Å²) in [6.45, 7) is 0. The molecule has 1 aromatic carbocycles. The quantitative estimate of drug-likeness (QED) is 0.642. The Balaban J connectivity index is 1.69. The van der Waals surface area contributed by atoms with Crippen molar-refractivity contribution in [2.24, 2.45) is 17.8 Å². The third-order valence-electron chi connectivity index (χ3n) is 3.83. The van der Waals surface area contributed by atoms with Gasteiger partial charge >= 0.3 is 0 Å². The second-order valence-electron chi connectivity index (χ2n) is 4.69. The number of benzene rings is 1. The highest BCUT2D eigenvalue weighted by atomic mass is 14.5. The van der Waals surface area contributed by atoms with Crippen molar-refractivity contribution < 1.29 is 0 Å². The first-order chi connectivity index (χ1) is 6.43. The fourth-order valence-corrected chi connectivity index (χ4v) is 2.99. The Morgan fingerprint density at radius 3 is 2.54 bits per heavy atom. The zero-order valence-electron chi connectivity index (χ0n) is 7.95. The van der Waals surface area contributed by atoms with E-state index in [1.807, 2.05) is 0 Å². The van der Waals surface area contributed by atoms with Crippen LogP contribution in [0.5, 0.6) is 0 Å². The molecule has 0 nitrogen and oxygen atoms in total. The van der Waals surface area contributed by atoms with E-state index < -0.39 is 0 Å². The summed E-state index contributed by atoms with van der Waals surface area (Å²) >= 11 is 0. The Bertz CT molecular complexity index is 288. The van der Waals surface area contributed by atoms with E-state index in [-0.39, 0.29) is 0 Å². The van der Waals surface area contributed by atoms with E-state index in [0.717, 1.165) is 17.8 Å². The standard InChI is InChI=1S/C13H16/c1-2-4-10(5-3-1)8-11-6-7-12-9-13(11)12/h1-5,11-13H,6-9H2/t11-,12-,13-/m1/s1. The lowest BCUT2D eigenvalue weighted by molar-refractivity contribution is 0.478. The molecule has 13 heavy (non-hydrogen) atoms. The summed E-state index contributed by atoms with van der Waals surface area (Å²) in [6, 6.07) is 11.0. The molecule has 0 amide bonds. The van der Waals surface area contributed by atoms with Crippen LogP contribution in [0.2, 0.25) is 0 Å². The van der Waals surface area contributed by atoms with Crippen LogP contribution in [0.1, 0.15) is 24.8 Å². The van der Waals surface area contributed by atoms with Crippen molar-refractivity contribution in [3.63, 3.8) is 0 Å². The molecular weight excluding hydrogens is 156 g/mol. The van der Waals surface area contributed by atoms with Gasteiger partial charge < -0.3 is 0 Å². The second kappa shape index (κ2) is 2.87. The number of rotatable bonds is 2. The molecule has 1 aromatic rings. The minimum Gasteiger partial charge on any atom is -0.0622 e. The maximum atomic E-state index is 2.27. The Morgan fingerprint density at radius 2 is 1.92 bits per heavy atom. The van der Waals surface area contributed by atoms with Crippen molar-refractivity contribution in [3.05, 3.63) is 35.9 Å². The van der Waals surface area contributed by atoms with Crippen LogP contribution in [0.25, 0.3) is 0 Å². The molecule has 3 rings (SSSR count). The molecule has 0 unspecified atom stereocenters. The highest BCUT2D eigenvalue weighted by molar-refractivity contribution is 5.16. The van der Waals surface area contributed by atoms with Crippen molar-refractivity contribution in [2.75, 3.05) is 0 Å². The molecule has 3 atom stereocenters. The van der Waals surface area contributed by atoms with Crippen LogP contribution < -0.4 is 0 Å². The molecule has 68 valence electrons. The van der Waals surface area contributed by atoms with Gasteiger partial charge in [0, 0.05) is 0 Å². The smallest absolute Gasteiger partial charge is 0.0248 e. The van der Waals surface area contributed by atoms with E-state index in [9.17, 15) is 0 Å². The van der Waals surface area contributed by atoms with Gasteiger partial charge in [0.1, 0.15) is 0 Å². The molecule has 2 aliphatic carbocycles. The number of fused-ring (bicyclic) bond motifs is 1. The molecule has 0 spiro atoms. The maximum absolute atomic E-state index is 2.27. The van der Waals surface area contributed by atoms with Crippen molar-refractivity contribution in [1.29, 1.82) is 0 Å². The molecule has 2 saturated carbocycles. The van der Waals surface area contributed by atoms with Crippen LogP contribution in [0.15, 0.2) is 30.3 Å². The summed E-state index contributed by atoms with van der Waals surface area (Å²) in [6.07, 6.45) is 5.88. The molecule has 2 fully saturated rings.